The van der Waals surface area contributed by atoms with Gasteiger partial charge in [-0.2, -0.15) is 31.6 Å². The summed E-state index contributed by atoms with van der Waals surface area (Å²) in [5, 5.41) is 9.42. The molecule has 1 aliphatic rings. The van der Waals surface area contributed by atoms with Crippen LogP contribution in [0.1, 0.15) is 32.7 Å². The average molecular weight is 548 g/mol. The van der Waals surface area contributed by atoms with Gasteiger partial charge in [0.2, 0.25) is 5.88 Å². The zero-order chi connectivity index (χ0) is 28.3. The number of piperazine rings is 1. The van der Waals surface area contributed by atoms with E-state index in [-0.39, 0.29) is 32.7 Å². The van der Waals surface area contributed by atoms with E-state index in [9.17, 15) is 45.6 Å². The number of carbonyl (C=O) groups excluding carboxylic acids is 2. The highest BCUT2D eigenvalue weighted by molar-refractivity contribution is 5.96. The molecule has 1 aromatic carbocycles. The van der Waals surface area contributed by atoms with Crippen LogP contribution in [0.2, 0.25) is 0 Å². The van der Waals surface area contributed by atoms with Crippen molar-refractivity contribution >= 4 is 11.9 Å². The van der Waals surface area contributed by atoms with Crippen LogP contribution in [-0.2, 0) is 28.5 Å². The standard InChI is InChI=1S/C23H19F7N4O4/c1-37-18(35)11-33-4-6-34(7-5-33)21(36)16-9-13(10-31)20(32-19(16)23(28,29)30)38-12-14-8-15(22(25,26)27)2-3-17(14)24/h2-3,8-9H,4-7,11-12H2,1H3. The number of pyridine rings is 1. The van der Waals surface area contributed by atoms with Gasteiger partial charge < -0.3 is 14.4 Å². The van der Waals surface area contributed by atoms with Gasteiger partial charge in [0.15, 0.2) is 5.69 Å². The monoisotopic (exact) mass is 548 g/mol. The Morgan fingerprint density at radius 3 is 2.26 bits per heavy atom. The zero-order valence-electron chi connectivity index (χ0n) is 19.6. The molecule has 0 radical (unpaired) electrons. The summed E-state index contributed by atoms with van der Waals surface area (Å²) in [5.74, 6) is -3.65. The van der Waals surface area contributed by atoms with E-state index in [2.05, 4.69) is 9.72 Å². The molecular weight excluding hydrogens is 529 g/mol. The lowest BCUT2D eigenvalue weighted by Crippen LogP contribution is -2.50. The molecule has 0 unspecified atom stereocenters. The molecule has 3 rings (SSSR count). The molecule has 0 atom stereocenters. The van der Waals surface area contributed by atoms with Crippen molar-refractivity contribution in [1.82, 2.24) is 14.8 Å². The Kier molecular flexibility index (Phi) is 8.45. The molecule has 204 valence electrons. The van der Waals surface area contributed by atoms with Crippen LogP contribution >= 0.6 is 0 Å². The molecule has 0 saturated carbocycles. The van der Waals surface area contributed by atoms with Crippen molar-refractivity contribution in [3.05, 3.63) is 58.0 Å². The highest BCUT2D eigenvalue weighted by Crippen LogP contribution is 2.35. The summed E-state index contributed by atoms with van der Waals surface area (Å²) >= 11 is 0. The van der Waals surface area contributed by atoms with Crippen molar-refractivity contribution in [2.75, 3.05) is 39.8 Å². The van der Waals surface area contributed by atoms with E-state index in [0.717, 1.165) is 4.90 Å². The summed E-state index contributed by atoms with van der Waals surface area (Å²) in [5.41, 5.74) is -5.08. The van der Waals surface area contributed by atoms with Crippen molar-refractivity contribution in [3.8, 4) is 11.9 Å². The molecule has 15 heteroatoms. The Balaban J connectivity index is 1.87. The number of alkyl halides is 6. The minimum Gasteiger partial charge on any atom is -0.472 e. The van der Waals surface area contributed by atoms with Crippen molar-refractivity contribution in [2.45, 2.75) is 19.0 Å². The van der Waals surface area contributed by atoms with Crippen molar-refractivity contribution in [2.24, 2.45) is 0 Å². The summed E-state index contributed by atoms with van der Waals surface area (Å²) in [6.45, 7) is -0.742. The number of hydrogen-bond acceptors (Lipinski definition) is 7. The number of carbonyl (C=O) groups is 2. The molecule has 8 nitrogen and oxygen atoms in total. The van der Waals surface area contributed by atoms with Crippen LogP contribution < -0.4 is 4.74 Å². The second kappa shape index (κ2) is 11.2. The van der Waals surface area contributed by atoms with Crippen LogP contribution in [0.15, 0.2) is 24.3 Å². The fourth-order valence-electron chi connectivity index (χ4n) is 3.60. The molecule has 1 amide bonds. The maximum absolute atomic E-state index is 14.0. The largest absolute Gasteiger partial charge is 0.472 e. The van der Waals surface area contributed by atoms with E-state index in [0.29, 0.717) is 24.3 Å². The van der Waals surface area contributed by atoms with E-state index in [1.54, 1.807) is 4.90 Å². The van der Waals surface area contributed by atoms with E-state index < -0.39 is 70.5 Å². The number of esters is 1. The number of nitriles is 1. The predicted molar refractivity (Wildman–Crippen MR) is 114 cm³/mol. The molecule has 2 heterocycles. The number of halogens is 7. The Bertz CT molecular complexity index is 1250. The Hall–Kier alpha value is -3.93. The molecule has 1 saturated heterocycles. The number of amides is 1. The van der Waals surface area contributed by atoms with Crippen LogP contribution in [-0.4, -0.2) is 66.5 Å². The number of rotatable bonds is 6. The third kappa shape index (κ3) is 6.68. The number of hydrogen-bond donors (Lipinski definition) is 0. The molecule has 0 N–H and O–H groups in total. The third-order valence-electron chi connectivity index (χ3n) is 5.58. The number of aromatic nitrogens is 1. The van der Waals surface area contributed by atoms with Gasteiger partial charge in [-0.05, 0) is 24.3 Å². The van der Waals surface area contributed by atoms with Gasteiger partial charge in [0.25, 0.3) is 5.91 Å². The SMILES string of the molecule is COC(=O)CN1CCN(C(=O)c2cc(C#N)c(OCc3cc(C(F)(F)F)ccc3F)nc2C(F)(F)F)CC1. The minimum absolute atomic E-state index is 0.0257. The molecule has 1 fully saturated rings. The van der Waals surface area contributed by atoms with Gasteiger partial charge >= 0.3 is 18.3 Å². The number of methoxy groups -OCH3 is 1. The van der Waals surface area contributed by atoms with Gasteiger partial charge in [-0.1, -0.05) is 0 Å². The van der Waals surface area contributed by atoms with Crippen LogP contribution in [0.4, 0.5) is 30.7 Å². The highest BCUT2D eigenvalue weighted by atomic mass is 19.4. The van der Waals surface area contributed by atoms with Crippen molar-refractivity contribution in [1.29, 1.82) is 5.26 Å². The summed E-state index contributed by atoms with van der Waals surface area (Å²) in [6, 6.07) is 3.58. The first-order chi connectivity index (χ1) is 17.7. The molecule has 38 heavy (non-hydrogen) atoms. The lowest BCUT2D eigenvalue weighted by molar-refractivity contribution is -0.143. The van der Waals surface area contributed by atoms with E-state index in [1.807, 2.05) is 0 Å². The fourth-order valence-corrected chi connectivity index (χ4v) is 3.60. The van der Waals surface area contributed by atoms with Crippen LogP contribution in [0.5, 0.6) is 5.88 Å². The smallest absolute Gasteiger partial charge is 0.434 e. The Morgan fingerprint density at radius 2 is 1.71 bits per heavy atom. The zero-order valence-corrected chi connectivity index (χ0v) is 19.6. The fraction of sp³-hybridized carbons (Fsp3) is 0.391. The lowest BCUT2D eigenvalue weighted by atomic mass is 10.1. The second-order valence-electron chi connectivity index (χ2n) is 8.08. The molecule has 1 aliphatic heterocycles. The quantitative estimate of drug-likeness (QED) is 0.402. The topological polar surface area (TPSA) is 95.8 Å². The Labute approximate surface area is 211 Å². The molecular formula is C23H19F7N4O4. The predicted octanol–water partition coefficient (Wildman–Crippen LogP) is 3.64. The molecule has 0 bridgehead atoms. The average Bonchev–Trinajstić information content (AvgIpc) is 2.86. The van der Waals surface area contributed by atoms with Crippen LogP contribution in [0.25, 0.3) is 0 Å². The third-order valence-corrected chi connectivity index (χ3v) is 5.58. The molecule has 0 aliphatic carbocycles. The number of nitrogens with zero attached hydrogens (tertiary/aromatic N) is 4. The van der Waals surface area contributed by atoms with Gasteiger partial charge in [0.1, 0.15) is 24.1 Å². The van der Waals surface area contributed by atoms with Gasteiger partial charge in [-0.25, -0.2) is 9.37 Å². The first-order valence-electron chi connectivity index (χ1n) is 10.8. The summed E-state index contributed by atoms with van der Waals surface area (Å²) < 4.78 is 104. The second-order valence-corrected chi connectivity index (χ2v) is 8.08. The first kappa shape index (κ1) is 28.6. The van der Waals surface area contributed by atoms with Crippen molar-refractivity contribution in [3.63, 3.8) is 0 Å². The number of benzene rings is 1. The molecule has 1 aromatic heterocycles. The Morgan fingerprint density at radius 1 is 1.05 bits per heavy atom. The maximum Gasteiger partial charge on any atom is 0.434 e. The van der Waals surface area contributed by atoms with Crippen molar-refractivity contribution < 1.29 is 49.8 Å². The van der Waals surface area contributed by atoms with Gasteiger partial charge in [0.05, 0.1) is 24.8 Å². The number of ether oxygens (including phenoxy) is 2. The van der Waals surface area contributed by atoms with Gasteiger partial charge in [-0.15, -0.1) is 0 Å². The van der Waals surface area contributed by atoms with Gasteiger partial charge in [-0.3, -0.25) is 14.5 Å². The minimum atomic E-state index is -5.18. The summed E-state index contributed by atoms with van der Waals surface area (Å²) in [6.07, 6.45) is -9.99. The van der Waals surface area contributed by atoms with E-state index in [1.165, 1.54) is 13.2 Å². The van der Waals surface area contributed by atoms with Gasteiger partial charge in [0, 0.05) is 31.7 Å². The summed E-state index contributed by atoms with van der Waals surface area (Å²) in [7, 11) is 1.20. The lowest BCUT2D eigenvalue weighted by Gasteiger charge is -2.34. The van der Waals surface area contributed by atoms with E-state index >= 15 is 0 Å². The first-order valence-corrected chi connectivity index (χ1v) is 10.8. The maximum atomic E-state index is 14.0. The van der Waals surface area contributed by atoms with Crippen LogP contribution in [0.3, 0.4) is 0 Å². The highest BCUT2D eigenvalue weighted by Gasteiger charge is 2.40. The molecule has 0 spiro atoms. The molecule has 2 aromatic rings. The van der Waals surface area contributed by atoms with E-state index in [4.69, 9.17) is 4.74 Å². The normalized spacial score (nSPS) is 14.7. The van der Waals surface area contributed by atoms with Crippen LogP contribution in [0, 0.1) is 17.1 Å². The summed E-state index contributed by atoms with van der Waals surface area (Å²) in [4.78, 5) is 30.4.